The van der Waals surface area contributed by atoms with Gasteiger partial charge in [0.2, 0.25) is 0 Å². The molecule has 0 amide bonds. The normalized spacial score (nSPS) is 10.5. The lowest BCUT2D eigenvalue weighted by atomic mass is 10.3. The monoisotopic (exact) mass is 237 g/mol. The Morgan fingerprint density at radius 1 is 1.27 bits per heavy atom. The zero-order chi connectivity index (χ0) is 10.8. The minimum Gasteiger partial charge on any atom is -0.397 e. The van der Waals surface area contributed by atoms with Crippen LogP contribution in [-0.2, 0) is 0 Å². The predicted molar refractivity (Wildman–Crippen MR) is 66.2 cm³/mol. The Balaban J connectivity index is 2.21. The van der Waals surface area contributed by atoms with E-state index in [2.05, 4.69) is 4.98 Å². The van der Waals surface area contributed by atoms with Crippen molar-refractivity contribution in [1.82, 2.24) is 4.98 Å². The molecule has 0 spiro atoms. The van der Waals surface area contributed by atoms with Gasteiger partial charge in [0.25, 0.3) is 0 Å². The van der Waals surface area contributed by atoms with Gasteiger partial charge in [-0.3, -0.25) is 0 Å². The van der Waals surface area contributed by atoms with E-state index in [1.807, 2.05) is 30.5 Å². The average Bonchev–Trinajstić information content (AvgIpc) is 2.58. The van der Waals surface area contributed by atoms with E-state index in [0.29, 0.717) is 11.4 Å². The van der Waals surface area contributed by atoms with Gasteiger partial charge in [-0.25, -0.2) is 4.98 Å². The zero-order valence-corrected chi connectivity index (χ0v) is 9.86. The first kappa shape index (κ1) is 10.3. The molecule has 15 heavy (non-hydrogen) atoms. The first-order valence-corrected chi connectivity index (χ1v) is 6.10. The smallest absolute Gasteiger partial charge is 0.154 e. The molecule has 78 valence electrons. The summed E-state index contributed by atoms with van der Waals surface area (Å²) in [5, 5.41) is 2.03. The Morgan fingerprint density at radius 2 is 2.07 bits per heavy atom. The summed E-state index contributed by atoms with van der Waals surface area (Å²) in [6.45, 7) is 1.98. The molecule has 0 aliphatic heterocycles. The van der Waals surface area contributed by atoms with Crippen molar-refractivity contribution in [3.63, 3.8) is 0 Å². The van der Waals surface area contributed by atoms with E-state index < -0.39 is 0 Å². The van der Waals surface area contributed by atoms with Gasteiger partial charge in [-0.2, -0.15) is 0 Å². The van der Waals surface area contributed by atoms with Crippen molar-refractivity contribution in [2.45, 2.75) is 16.2 Å². The molecule has 1 heterocycles. The summed E-state index contributed by atoms with van der Waals surface area (Å²) >= 11 is 3.24. The number of benzene rings is 1. The molecule has 0 unspecified atom stereocenters. The number of anilines is 2. The van der Waals surface area contributed by atoms with E-state index in [4.69, 9.17) is 11.5 Å². The van der Waals surface area contributed by atoms with Crippen LogP contribution in [0.4, 0.5) is 11.4 Å². The molecule has 0 radical (unpaired) electrons. The Morgan fingerprint density at radius 3 is 2.67 bits per heavy atom. The van der Waals surface area contributed by atoms with E-state index in [0.717, 1.165) is 14.9 Å². The predicted octanol–water partition coefficient (Wildman–Crippen LogP) is 2.77. The molecule has 0 saturated heterocycles. The highest BCUT2D eigenvalue weighted by molar-refractivity contribution is 8.01. The molecule has 5 heteroatoms. The second kappa shape index (κ2) is 4.12. The van der Waals surface area contributed by atoms with Gasteiger partial charge in [-0.05, 0) is 25.1 Å². The molecule has 0 fully saturated rings. The summed E-state index contributed by atoms with van der Waals surface area (Å²) in [5.41, 5.74) is 13.6. The highest BCUT2D eigenvalue weighted by Gasteiger charge is 2.03. The van der Waals surface area contributed by atoms with Crippen molar-refractivity contribution >= 4 is 34.5 Å². The summed E-state index contributed by atoms with van der Waals surface area (Å²) in [4.78, 5) is 5.43. The molecule has 3 nitrogen and oxygen atoms in total. The van der Waals surface area contributed by atoms with Crippen molar-refractivity contribution in [2.24, 2.45) is 0 Å². The van der Waals surface area contributed by atoms with Crippen LogP contribution in [0.15, 0.2) is 32.8 Å². The number of thiazole rings is 1. The van der Waals surface area contributed by atoms with Gasteiger partial charge >= 0.3 is 0 Å². The van der Waals surface area contributed by atoms with E-state index in [1.54, 1.807) is 23.1 Å². The molecule has 2 rings (SSSR count). The third-order valence-corrected chi connectivity index (χ3v) is 3.91. The first-order chi connectivity index (χ1) is 7.15. The van der Waals surface area contributed by atoms with Gasteiger partial charge in [0, 0.05) is 16.0 Å². The first-order valence-electron chi connectivity index (χ1n) is 4.40. The van der Waals surface area contributed by atoms with Gasteiger partial charge in [-0.15, -0.1) is 11.3 Å². The van der Waals surface area contributed by atoms with Crippen LogP contribution in [0.25, 0.3) is 0 Å². The Labute approximate surface area is 96.5 Å². The van der Waals surface area contributed by atoms with Crippen LogP contribution in [0.3, 0.4) is 0 Å². The quantitative estimate of drug-likeness (QED) is 0.788. The molecule has 0 saturated carbocycles. The molecule has 1 aromatic carbocycles. The minimum atomic E-state index is 0.619. The van der Waals surface area contributed by atoms with E-state index in [-0.39, 0.29) is 0 Å². The molecular weight excluding hydrogens is 226 g/mol. The number of hydrogen-bond donors (Lipinski definition) is 2. The standard InChI is InChI=1S/C10H11N3S2/c1-6-5-14-10(13-6)15-7-2-3-8(11)9(12)4-7/h2-5H,11-12H2,1H3. The summed E-state index contributed by atoms with van der Waals surface area (Å²) in [7, 11) is 0. The maximum Gasteiger partial charge on any atom is 0.154 e. The van der Waals surface area contributed by atoms with Crippen LogP contribution < -0.4 is 11.5 Å². The van der Waals surface area contributed by atoms with Crippen LogP contribution in [0, 0.1) is 6.92 Å². The lowest BCUT2D eigenvalue weighted by molar-refractivity contribution is 1.16. The number of nitrogens with two attached hydrogens (primary N) is 2. The summed E-state index contributed by atoms with van der Waals surface area (Å²) in [5.74, 6) is 0. The number of aromatic nitrogens is 1. The third kappa shape index (κ3) is 2.43. The van der Waals surface area contributed by atoms with Gasteiger partial charge in [-0.1, -0.05) is 11.8 Å². The van der Waals surface area contributed by atoms with Crippen molar-refractivity contribution in [1.29, 1.82) is 0 Å². The van der Waals surface area contributed by atoms with Crippen LogP contribution in [0.2, 0.25) is 0 Å². The molecule has 2 aromatic rings. The maximum absolute atomic E-state index is 5.72. The molecule has 0 bridgehead atoms. The van der Waals surface area contributed by atoms with Crippen LogP contribution in [0.1, 0.15) is 5.69 Å². The van der Waals surface area contributed by atoms with Gasteiger partial charge in [0.1, 0.15) is 0 Å². The Hall–Kier alpha value is -1.20. The van der Waals surface area contributed by atoms with Crippen molar-refractivity contribution < 1.29 is 0 Å². The zero-order valence-electron chi connectivity index (χ0n) is 8.23. The minimum absolute atomic E-state index is 0.619. The second-order valence-corrected chi connectivity index (χ2v) is 5.33. The molecule has 1 aromatic heterocycles. The lowest BCUT2D eigenvalue weighted by Gasteiger charge is -2.02. The third-order valence-electron chi connectivity index (χ3n) is 1.86. The van der Waals surface area contributed by atoms with E-state index >= 15 is 0 Å². The topological polar surface area (TPSA) is 64.9 Å². The maximum atomic E-state index is 5.72. The molecule has 4 N–H and O–H groups in total. The molecular formula is C10H11N3S2. The molecule has 0 aliphatic rings. The van der Waals surface area contributed by atoms with Crippen molar-refractivity contribution in [3.05, 3.63) is 29.3 Å². The van der Waals surface area contributed by atoms with Crippen LogP contribution >= 0.6 is 23.1 Å². The fourth-order valence-corrected chi connectivity index (χ4v) is 2.96. The van der Waals surface area contributed by atoms with Gasteiger partial charge in [0.15, 0.2) is 4.34 Å². The number of hydrogen-bond acceptors (Lipinski definition) is 5. The summed E-state index contributed by atoms with van der Waals surface area (Å²) in [6, 6.07) is 5.64. The number of rotatable bonds is 2. The SMILES string of the molecule is Cc1csc(Sc2ccc(N)c(N)c2)n1. The molecule has 0 aliphatic carbocycles. The Kier molecular flexibility index (Phi) is 2.83. The fraction of sp³-hybridized carbons (Fsp3) is 0.100. The van der Waals surface area contributed by atoms with Gasteiger partial charge < -0.3 is 11.5 Å². The number of aryl methyl sites for hydroxylation is 1. The highest BCUT2D eigenvalue weighted by atomic mass is 32.2. The van der Waals surface area contributed by atoms with Crippen LogP contribution in [0.5, 0.6) is 0 Å². The number of nitrogens with zero attached hydrogens (tertiary/aromatic N) is 1. The van der Waals surface area contributed by atoms with Crippen LogP contribution in [-0.4, -0.2) is 4.98 Å². The fourth-order valence-electron chi connectivity index (χ4n) is 1.10. The van der Waals surface area contributed by atoms with Crippen molar-refractivity contribution in [2.75, 3.05) is 11.5 Å². The Bertz CT molecular complexity index is 479. The average molecular weight is 237 g/mol. The van der Waals surface area contributed by atoms with Crippen molar-refractivity contribution in [3.8, 4) is 0 Å². The summed E-state index contributed by atoms with van der Waals surface area (Å²) < 4.78 is 1.02. The second-order valence-electron chi connectivity index (χ2n) is 3.15. The highest BCUT2D eigenvalue weighted by Crippen LogP contribution is 2.32. The lowest BCUT2D eigenvalue weighted by Crippen LogP contribution is -1.93. The van der Waals surface area contributed by atoms with E-state index in [9.17, 15) is 0 Å². The molecule has 0 atom stereocenters. The number of nitrogen functional groups attached to an aromatic ring is 2. The summed E-state index contributed by atoms with van der Waals surface area (Å²) in [6.07, 6.45) is 0. The van der Waals surface area contributed by atoms with Gasteiger partial charge in [0.05, 0.1) is 11.4 Å². The largest absolute Gasteiger partial charge is 0.397 e. The van der Waals surface area contributed by atoms with E-state index in [1.165, 1.54) is 0 Å².